The van der Waals surface area contributed by atoms with Gasteiger partial charge in [0.2, 0.25) is 0 Å². The van der Waals surface area contributed by atoms with Crippen molar-refractivity contribution in [3.8, 4) is 5.75 Å². The summed E-state index contributed by atoms with van der Waals surface area (Å²) in [5.41, 5.74) is 0.333. The minimum absolute atomic E-state index is 0.155. The predicted molar refractivity (Wildman–Crippen MR) is 144 cm³/mol. The number of phenols is 1. The number of amides is 1. The van der Waals surface area contributed by atoms with Crippen LogP contribution in [-0.4, -0.2) is 28.6 Å². The summed E-state index contributed by atoms with van der Waals surface area (Å²) in [4.78, 5) is 23.7. The Morgan fingerprint density at radius 2 is 1.20 bits per heavy atom. The molecule has 5 nitrogen and oxygen atoms in total. The summed E-state index contributed by atoms with van der Waals surface area (Å²) in [5.74, 6) is -1.62. The standard InChI is InChI=1S/C30H45NO4/c1-2-3-4-5-6-7-8-9-10-11-12-13-14-15-16-17-20-31-29(33)25-19-18-24-23-28(32)27(30(34)35)22-26(24)21-25/h18-19,21-23,32H,2-17,20H2,1H3,(H,31,33)(H,34,35). The summed E-state index contributed by atoms with van der Waals surface area (Å²) in [5, 5.41) is 23.3. The molecule has 0 aliphatic heterocycles. The quantitative estimate of drug-likeness (QED) is 0.176. The molecule has 0 fully saturated rings. The third kappa shape index (κ3) is 11.1. The Labute approximate surface area is 211 Å². The number of hydrogen-bond donors (Lipinski definition) is 3. The third-order valence-electron chi connectivity index (χ3n) is 6.76. The van der Waals surface area contributed by atoms with Crippen LogP contribution in [0.1, 0.15) is 130 Å². The molecule has 0 aromatic heterocycles. The number of carboxylic acids is 1. The highest BCUT2D eigenvalue weighted by Gasteiger charge is 2.12. The van der Waals surface area contributed by atoms with Crippen molar-refractivity contribution in [1.82, 2.24) is 5.32 Å². The van der Waals surface area contributed by atoms with E-state index in [4.69, 9.17) is 0 Å². The summed E-state index contributed by atoms with van der Waals surface area (Å²) in [7, 11) is 0. The molecule has 1 amide bonds. The summed E-state index contributed by atoms with van der Waals surface area (Å²) < 4.78 is 0. The van der Waals surface area contributed by atoms with Crippen LogP contribution in [0.15, 0.2) is 30.3 Å². The number of rotatable bonds is 19. The number of nitrogens with one attached hydrogen (secondary N) is 1. The van der Waals surface area contributed by atoms with Crippen molar-refractivity contribution in [3.63, 3.8) is 0 Å². The molecule has 0 bridgehead atoms. The number of fused-ring (bicyclic) bond motifs is 1. The van der Waals surface area contributed by atoms with Gasteiger partial charge in [0, 0.05) is 12.1 Å². The number of unbranched alkanes of at least 4 members (excludes halogenated alkanes) is 15. The second-order valence-corrected chi connectivity index (χ2v) is 9.80. The smallest absolute Gasteiger partial charge is 0.339 e. The molecule has 0 radical (unpaired) electrons. The maximum Gasteiger partial charge on any atom is 0.339 e. The fourth-order valence-corrected chi connectivity index (χ4v) is 4.58. The van der Waals surface area contributed by atoms with Gasteiger partial charge < -0.3 is 15.5 Å². The van der Waals surface area contributed by atoms with Gasteiger partial charge in [0.1, 0.15) is 11.3 Å². The summed E-state index contributed by atoms with van der Waals surface area (Å²) in [6, 6.07) is 7.91. The van der Waals surface area contributed by atoms with Crippen molar-refractivity contribution in [1.29, 1.82) is 0 Å². The van der Waals surface area contributed by atoms with Gasteiger partial charge in [0.15, 0.2) is 0 Å². The van der Waals surface area contributed by atoms with Crippen molar-refractivity contribution in [2.24, 2.45) is 0 Å². The van der Waals surface area contributed by atoms with E-state index < -0.39 is 5.97 Å². The molecule has 194 valence electrons. The normalized spacial score (nSPS) is 11.1. The molecule has 0 spiro atoms. The summed E-state index contributed by atoms with van der Waals surface area (Å²) in [6.45, 7) is 2.91. The molecule has 35 heavy (non-hydrogen) atoms. The average Bonchev–Trinajstić information content (AvgIpc) is 2.85. The molecule has 2 aromatic rings. The lowest BCUT2D eigenvalue weighted by Gasteiger charge is -2.08. The third-order valence-corrected chi connectivity index (χ3v) is 6.76. The highest BCUT2D eigenvalue weighted by atomic mass is 16.4. The number of carboxylic acid groups (broad SMARTS) is 1. The van der Waals surface area contributed by atoms with Gasteiger partial charge in [0.05, 0.1) is 0 Å². The lowest BCUT2D eigenvalue weighted by atomic mass is 10.0. The van der Waals surface area contributed by atoms with E-state index in [9.17, 15) is 19.8 Å². The monoisotopic (exact) mass is 483 g/mol. The molecule has 0 aliphatic carbocycles. The molecule has 0 aliphatic rings. The summed E-state index contributed by atoms with van der Waals surface area (Å²) >= 11 is 0. The number of carbonyl (C=O) groups excluding carboxylic acids is 1. The number of carbonyl (C=O) groups is 2. The molecule has 3 N–H and O–H groups in total. The number of benzene rings is 2. The van der Waals surface area contributed by atoms with E-state index in [0.29, 0.717) is 22.9 Å². The molecule has 0 saturated heterocycles. The van der Waals surface area contributed by atoms with Crippen LogP contribution in [0, 0.1) is 0 Å². The fourth-order valence-electron chi connectivity index (χ4n) is 4.58. The van der Waals surface area contributed by atoms with Crippen molar-refractivity contribution >= 4 is 22.6 Å². The Bertz CT molecular complexity index is 909. The van der Waals surface area contributed by atoms with Crippen LogP contribution in [0.2, 0.25) is 0 Å². The Morgan fingerprint density at radius 3 is 1.71 bits per heavy atom. The number of aromatic carboxylic acids is 1. The van der Waals surface area contributed by atoms with Crippen LogP contribution in [-0.2, 0) is 0 Å². The van der Waals surface area contributed by atoms with E-state index in [1.807, 2.05) is 0 Å². The van der Waals surface area contributed by atoms with Gasteiger partial charge in [-0.1, -0.05) is 109 Å². The lowest BCUT2D eigenvalue weighted by molar-refractivity contribution is 0.0693. The lowest BCUT2D eigenvalue weighted by Crippen LogP contribution is -2.24. The first-order chi connectivity index (χ1) is 17.0. The molecule has 0 heterocycles. The number of aromatic hydroxyl groups is 1. The van der Waals surface area contributed by atoms with E-state index in [-0.39, 0.29) is 17.2 Å². The van der Waals surface area contributed by atoms with Gasteiger partial charge in [-0.25, -0.2) is 4.79 Å². The SMILES string of the molecule is CCCCCCCCCCCCCCCCCCNC(=O)c1ccc2cc(O)c(C(=O)O)cc2c1. The van der Waals surface area contributed by atoms with Gasteiger partial charge in [-0.05, 0) is 41.5 Å². The first-order valence-corrected chi connectivity index (χ1v) is 13.8. The van der Waals surface area contributed by atoms with E-state index >= 15 is 0 Å². The maximum absolute atomic E-state index is 12.5. The van der Waals surface area contributed by atoms with E-state index in [1.165, 1.54) is 102 Å². The molecular weight excluding hydrogens is 438 g/mol. The molecular formula is C30H45NO4. The highest BCUT2D eigenvalue weighted by Crippen LogP contribution is 2.26. The van der Waals surface area contributed by atoms with Crippen LogP contribution in [0.3, 0.4) is 0 Å². The molecule has 0 atom stereocenters. The zero-order valence-corrected chi connectivity index (χ0v) is 21.6. The zero-order valence-electron chi connectivity index (χ0n) is 21.6. The van der Waals surface area contributed by atoms with Crippen molar-refractivity contribution in [2.45, 2.75) is 110 Å². The van der Waals surface area contributed by atoms with Gasteiger partial charge in [-0.15, -0.1) is 0 Å². The van der Waals surface area contributed by atoms with Gasteiger partial charge in [0.25, 0.3) is 5.91 Å². The molecule has 0 unspecified atom stereocenters. The van der Waals surface area contributed by atoms with Crippen LogP contribution in [0.5, 0.6) is 5.75 Å². The second kappa shape index (κ2) is 17.0. The average molecular weight is 484 g/mol. The van der Waals surface area contributed by atoms with E-state index in [2.05, 4.69) is 12.2 Å². The minimum atomic E-state index is -1.19. The van der Waals surface area contributed by atoms with Gasteiger partial charge >= 0.3 is 5.97 Å². The predicted octanol–water partition coefficient (Wildman–Crippen LogP) is 8.23. The minimum Gasteiger partial charge on any atom is -0.507 e. The Kier molecular flexibility index (Phi) is 13.9. The Morgan fingerprint density at radius 1 is 0.686 bits per heavy atom. The highest BCUT2D eigenvalue weighted by molar-refractivity contribution is 6.01. The molecule has 2 rings (SSSR count). The first-order valence-electron chi connectivity index (χ1n) is 13.8. The zero-order chi connectivity index (χ0) is 25.3. The van der Waals surface area contributed by atoms with E-state index in [1.54, 1.807) is 18.2 Å². The number of hydrogen-bond acceptors (Lipinski definition) is 3. The van der Waals surface area contributed by atoms with Crippen LogP contribution >= 0.6 is 0 Å². The Hall–Kier alpha value is -2.56. The van der Waals surface area contributed by atoms with E-state index in [0.717, 1.165) is 12.8 Å². The Balaban J connectivity index is 1.49. The first kappa shape index (κ1) is 28.7. The molecule has 5 heteroatoms. The largest absolute Gasteiger partial charge is 0.507 e. The van der Waals surface area contributed by atoms with Gasteiger partial charge in [-0.2, -0.15) is 0 Å². The van der Waals surface area contributed by atoms with Crippen molar-refractivity contribution in [3.05, 3.63) is 41.5 Å². The molecule has 2 aromatic carbocycles. The summed E-state index contributed by atoms with van der Waals surface area (Å²) in [6.07, 6.45) is 21.2. The maximum atomic E-state index is 12.5. The topological polar surface area (TPSA) is 86.6 Å². The molecule has 0 saturated carbocycles. The van der Waals surface area contributed by atoms with Gasteiger partial charge in [-0.3, -0.25) is 4.79 Å². The fraction of sp³-hybridized carbons (Fsp3) is 0.600. The van der Waals surface area contributed by atoms with Crippen LogP contribution in [0.4, 0.5) is 0 Å². The van der Waals surface area contributed by atoms with Crippen LogP contribution in [0.25, 0.3) is 10.8 Å². The van der Waals surface area contributed by atoms with Crippen LogP contribution < -0.4 is 5.32 Å². The van der Waals surface area contributed by atoms with Crippen molar-refractivity contribution < 1.29 is 19.8 Å². The van der Waals surface area contributed by atoms with Crippen molar-refractivity contribution in [2.75, 3.05) is 6.54 Å². The second-order valence-electron chi connectivity index (χ2n) is 9.80.